The van der Waals surface area contributed by atoms with Crippen LogP contribution in [0.25, 0.3) is 11.1 Å². The van der Waals surface area contributed by atoms with Crippen LogP contribution in [0.4, 0.5) is 5.69 Å². The zero-order valence-corrected chi connectivity index (χ0v) is 15.0. The molecule has 2 aromatic carbocycles. The molecule has 1 aliphatic rings. The maximum Gasteiger partial charge on any atom is 0.260 e. The third-order valence-corrected chi connectivity index (χ3v) is 3.94. The maximum atomic E-state index is 12.1. The summed E-state index contributed by atoms with van der Waals surface area (Å²) < 4.78 is 5.60. The van der Waals surface area contributed by atoms with E-state index in [4.69, 9.17) is 22.1 Å². The lowest BCUT2D eigenvalue weighted by Crippen LogP contribution is -2.49. The molecular formula is C19H21ClN2O3. The molecule has 0 fully saturated rings. The molecule has 6 heteroatoms. The molecule has 0 aromatic heterocycles. The SMILES string of the molecule is CC.NC(=O)C1CN(C(=O)CCl)c2cc(-c3ccccc3)ccc2O1. The van der Waals surface area contributed by atoms with Gasteiger partial charge < -0.3 is 15.4 Å². The van der Waals surface area contributed by atoms with Crippen molar-refractivity contribution in [1.29, 1.82) is 0 Å². The summed E-state index contributed by atoms with van der Waals surface area (Å²) >= 11 is 5.69. The Bertz CT molecular complexity index is 750. The number of fused-ring (bicyclic) bond motifs is 1. The van der Waals surface area contributed by atoms with Gasteiger partial charge in [-0.15, -0.1) is 11.6 Å². The van der Waals surface area contributed by atoms with Gasteiger partial charge in [0, 0.05) is 0 Å². The number of primary amides is 1. The molecule has 25 heavy (non-hydrogen) atoms. The lowest BCUT2D eigenvalue weighted by molar-refractivity contribution is -0.125. The number of alkyl halides is 1. The molecule has 2 aromatic rings. The van der Waals surface area contributed by atoms with Crippen LogP contribution < -0.4 is 15.4 Å². The number of nitrogens with zero attached hydrogens (tertiary/aromatic N) is 1. The summed E-state index contributed by atoms with van der Waals surface area (Å²) in [7, 11) is 0. The second-order valence-corrected chi connectivity index (χ2v) is 5.46. The predicted octanol–water partition coefficient (Wildman–Crippen LogP) is 3.20. The van der Waals surface area contributed by atoms with Crippen molar-refractivity contribution in [1.82, 2.24) is 0 Å². The number of ether oxygens (including phenoxy) is 1. The molecule has 1 heterocycles. The van der Waals surface area contributed by atoms with E-state index in [0.717, 1.165) is 11.1 Å². The minimum Gasteiger partial charge on any atom is -0.477 e. The smallest absolute Gasteiger partial charge is 0.260 e. The van der Waals surface area contributed by atoms with Crippen LogP contribution in [0.1, 0.15) is 13.8 Å². The Morgan fingerprint density at radius 3 is 2.44 bits per heavy atom. The second-order valence-electron chi connectivity index (χ2n) is 5.20. The van der Waals surface area contributed by atoms with Crippen molar-refractivity contribution in [2.45, 2.75) is 20.0 Å². The fraction of sp³-hybridized carbons (Fsp3) is 0.263. The van der Waals surface area contributed by atoms with E-state index in [9.17, 15) is 9.59 Å². The number of rotatable bonds is 3. The lowest BCUT2D eigenvalue weighted by Gasteiger charge is -2.33. The van der Waals surface area contributed by atoms with Crippen molar-refractivity contribution in [3.05, 3.63) is 48.5 Å². The van der Waals surface area contributed by atoms with E-state index in [2.05, 4.69) is 0 Å². The molecule has 2 amide bonds. The summed E-state index contributed by atoms with van der Waals surface area (Å²) in [6.45, 7) is 4.06. The number of carbonyl (C=O) groups excluding carboxylic acids is 2. The predicted molar refractivity (Wildman–Crippen MR) is 99.9 cm³/mol. The molecule has 0 saturated heterocycles. The van der Waals surface area contributed by atoms with Crippen LogP contribution in [-0.2, 0) is 9.59 Å². The zero-order valence-electron chi connectivity index (χ0n) is 14.2. The molecule has 2 N–H and O–H groups in total. The molecule has 1 atom stereocenters. The molecule has 0 saturated carbocycles. The highest BCUT2D eigenvalue weighted by Gasteiger charge is 2.32. The maximum absolute atomic E-state index is 12.1. The Hall–Kier alpha value is -2.53. The number of halogens is 1. The first-order valence-electron chi connectivity index (χ1n) is 8.12. The standard InChI is InChI=1S/C17H15ClN2O3.C2H6/c18-9-16(21)20-10-15(17(19)22)23-14-7-6-12(8-13(14)20)11-4-2-1-3-5-11;1-2/h1-8,15H,9-10H2,(H2,19,22);1-2H3. The number of anilines is 1. The first-order chi connectivity index (χ1) is 12.1. The van der Waals surface area contributed by atoms with Crippen molar-refractivity contribution in [2.24, 2.45) is 5.73 Å². The normalized spacial score (nSPS) is 15.3. The van der Waals surface area contributed by atoms with Crippen LogP contribution in [0.5, 0.6) is 5.75 Å². The number of carbonyl (C=O) groups is 2. The van der Waals surface area contributed by atoms with Crippen molar-refractivity contribution < 1.29 is 14.3 Å². The third kappa shape index (κ3) is 4.12. The van der Waals surface area contributed by atoms with Gasteiger partial charge in [0.25, 0.3) is 5.91 Å². The highest BCUT2D eigenvalue weighted by molar-refractivity contribution is 6.29. The van der Waals surface area contributed by atoms with Crippen LogP contribution in [0.2, 0.25) is 0 Å². The Balaban J connectivity index is 0.00000109. The van der Waals surface area contributed by atoms with Crippen molar-refractivity contribution in [2.75, 3.05) is 17.3 Å². The summed E-state index contributed by atoms with van der Waals surface area (Å²) in [5.41, 5.74) is 7.87. The van der Waals surface area contributed by atoms with Gasteiger partial charge in [0.05, 0.1) is 12.2 Å². The lowest BCUT2D eigenvalue weighted by atomic mass is 10.0. The molecule has 0 spiro atoms. The number of amides is 2. The van der Waals surface area contributed by atoms with Crippen LogP contribution in [0, 0.1) is 0 Å². The van der Waals surface area contributed by atoms with Crippen LogP contribution >= 0.6 is 11.6 Å². The van der Waals surface area contributed by atoms with Crippen LogP contribution in [0.3, 0.4) is 0 Å². The fourth-order valence-corrected chi connectivity index (χ4v) is 2.69. The number of hydrogen-bond acceptors (Lipinski definition) is 3. The molecule has 0 bridgehead atoms. The van der Waals surface area contributed by atoms with E-state index >= 15 is 0 Å². The summed E-state index contributed by atoms with van der Waals surface area (Å²) in [6, 6.07) is 15.2. The highest BCUT2D eigenvalue weighted by Crippen LogP contribution is 2.37. The minimum atomic E-state index is -0.878. The van der Waals surface area contributed by atoms with Gasteiger partial charge in [-0.2, -0.15) is 0 Å². The molecule has 1 unspecified atom stereocenters. The topological polar surface area (TPSA) is 72.6 Å². The van der Waals surface area contributed by atoms with Gasteiger partial charge >= 0.3 is 0 Å². The van der Waals surface area contributed by atoms with Gasteiger partial charge in [-0.3, -0.25) is 9.59 Å². The minimum absolute atomic E-state index is 0.0616. The van der Waals surface area contributed by atoms with Crippen LogP contribution in [0.15, 0.2) is 48.5 Å². The van der Waals surface area contributed by atoms with E-state index in [1.165, 1.54) is 4.90 Å². The summed E-state index contributed by atoms with van der Waals surface area (Å²) in [4.78, 5) is 25.0. The Labute approximate surface area is 152 Å². The van der Waals surface area contributed by atoms with Crippen LogP contribution in [-0.4, -0.2) is 30.3 Å². The average Bonchev–Trinajstić information content (AvgIpc) is 2.68. The van der Waals surface area contributed by atoms with Gasteiger partial charge in [0.2, 0.25) is 5.91 Å². The van der Waals surface area contributed by atoms with E-state index in [1.54, 1.807) is 6.07 Å². The van der Waals surface area contributed by atoms with E-state index in [-0.39, 0.29) is 18.3 Å². The monoisotopic (exact) mass is 360 g/mol. The van der Waals surface area contributed by atoms with Crippen molar-refractivity contribution in [3.63, 3.8) is 0 Å². The first-order valence-corrected chi connectivity index (χ1v) is 8.65. The number of hydrogen-bond donors (Lipinski definition) is 1. The average molecular weight is 361 g/mol. The molecule has 0 radical (unpaired) electrons. The molecule has 0 aliphatic carbocycles. The molecule has 5 nitrogen and oxygen atoms in total. The van der Waals surface area contributed by atoms with Gasteiger partial charge in [0.1, 0.15) is 11.6 Å². The summed E-state index contributed by atoms with van der Waals surface area (Å²) in [5.74, 6) is -0.651. The Morgan fingerprint density at radius 2 is 1.84 bits per heavy atom. The van der Waals surface area contributed by atoms with Gasteiger partial charge in [0.15, 0.2) is 6.10 Å². The molecular weight excluding hydrogens is 340 g/mol. The molecule has 3 rings (SSSR count). The Kier molecular flexibility index (Phi) is 6.42. The number of benzene rings is 2. The van der Waals surface area contributed by atoms with Gasteiger partial charge in [-0.25, -0.2) is 0 Å². The summed E-state index contributed by atoms with van der Waals surface area (Å²) in [6.07, 6.45) is -0.878. The van der Waals surface area contributed by atoms with Gasteiger partial charge in [-0.1, -0.05) is 50.2 Å². The summed E-state index contributed by atoms with van der Waals surface area (Å²) in [5, 5.41) is 0. The second kappa shape index (κ2) is 8.53. The highest BCUT2D eigenvalue weighted by atomic mass is 35.5. The Morgan fingerprint density at radius 1 is 1.16 bits per heavy atom. The van der Waals surface area contributed by atoms with Crippen molar-refractivity contribution >= 4 is 29.1 Å². The fourth-order valence-electron chi connectivity index (χ4n) is 2.55. The first kappa shape index (κ1) is 18.8. The van der Waals surface area contributed by atoms with E-state index in [1.807, 2.05) is 56.3 Å². The van der Waals surface area contributed by atoms with Gasteiger partial charge in [-0.05, 0) is 23.3 Å². The van der Waals surface area contributed by atoms with E-state index < -0.39 is 12.0 Å². The molecule has 132 valence electrons. The largest absolute Gasteiger partial charge is 0.477 e. The molecule has 1 aliphatic heterocycles. The quantitative estimate of drug-likeness (QED) is 0.854. The third-order valence-electron chi connectivity index (χ3n) is 3.71. The number of nitrogens with two attached hydrogens (primary N) is 1. The van der Waals surface area contributed by atoms with E-state index in [0.29, 0.717) is 11.4 Å². The zero-order chi connectivity index (χ0) is 18.4. The van der Waals surface area contributed by atoms with Crippen molar-refractivity contribution in [3.8, 4) is 16.9 Å².